The van der Waals surface area contributed by atoms with Crippen molar-refractivity contribution in [3.63, 3.8) is 0 Å². The van der Waals surface area contributed by atoms with E-state index in [2.05, 4.69) is 20.6 Å². The highest BCUT2D eigenvalue weighted by molar-refractivity contribution is 7.09. The van der Waals surface area contributed by atoms with Gasteiger partial charge in [0.05, 0.1) is 17.7 Å². The summed E-state index contributed by atoms with van der Waals surface area (Å²) in [5, 5.41) is 6.61. The van der Waals surface area contributed by atoms with Crippen LogP contribution in [0.5, 0.6) is 0 Å². The molecule has 0 aliphatic heterocycles. The minimum atomic E-state index is 0.0228. The molecule has 2 N–H and O–H groups in total. The van der Waals surface area contributed by atoms with Crippen molar-refractivity contribution in [1.82, 2.24) is 20.5 Å². The summed E-state index contributed by atoms with van der Waals surface area (Å²) in [5.74, 6) is 0.815. The van der Waals surface area contributed by atoms with Gasteiger partial charge in [0.1, 0.15) is 0 Å². The maximum absolute atomic E-state index is 12.1. The Labute approximate surface area is 159 Å². The lowest BCUT2D eigenvalue weighted by Crippen LogP contribution is -2.38. The topological polar surface area (TPSA) is 69.6 Å². The highest BCUT2D eigenvalue weighted by Crippen LogP contribution is 2.13. The van der Waals surface area contributed by atoms with Crippen LogP contribution in [0.2, 0.25) is 0 Å². The molecule has 0 spiro atoms. The molecule has 0 unspecified atom stereocenters. The summed E-state index contributed by atoms with van der Waals surface area (Å²) in [6, 6.07) is 7.77. The fourth-order valence-corrected chi connectivity index (χ4v) is 3.11. The summed E-state index contributed by atoms with van der Waals surface area (Å²) in [6.07, 6.45) is 0.818. The first-order chi connectivity index (χ1) is 12.5. The molecule has 0 aliphatic carbocycles. The first-order valence-corrected chi connectivity index (χ1v) is 9.61. The minimum Gasteiger partial charge on any atom is -0.357 e. The highest BCUT2D eigenvalue weighted by atomic mass is 32.1. The van der Waals surface area contributed by atoms with Crippen molar-refractivity contribution in [2.75, 3.05) is 27.2 Å². The number of nitrogens with zero attached hydrogens (tertiary/aromatic N) is 3. The molecule has 2 aromatic rings. The van der Waals surface area contributed by atoms with E-state index >= 15 is 0 Å². The number of aryl methyl sites for hydroxylation is 1. The van der Waals surface area contributed by atoms with Gasteiger partial charge >= 0.3 is 0 Å². The second-order valence-corrected chi connectivity index (χ2v) is 7.07. The van der Waals surface area contributed by atoms with Gasteiger partial charge in [-0.05, 0) is 38.0 Å². The zero-order chi connectivity index (χ0) is 18.9. The maximum Gasteiger partial charge on any atom is 0.253 e. The molecular weight excluding hydrogens is 346 g/mol. The van der Waals surface area contributed by atoms with Gasteiger partial charge in [0.2, 0.25) is 0 Å². The molecule has 1 heterocycles. The fourth-order valence-electron chi connectivity index (χ4n) is 2.41. The van der Waals surface area contributed by atoms with Crippen LogP contribution in [0.3, 0.4) is 0 Å². The standard InChI is InChI=1S/C19H27N5OS/c1-5-20-19(22-12-17-14(2)23-13-26-17)21-10-9-15-7-6-8-16(11-15)18(25)24(3)4/h6-8,11,13H,5,9-10,12H2,1-4H3,(H2,20,21,22). The van der Waals surface area contributed by atoms with Crippen LogP contribution >= 0.6 is 11.3 Å². The molecule has 1 aromatic carbocycles. The molecule has 0 aliphatic rings. The number of hydrogen-bond acceptors (Lipinski definition) is 4. The van der Waals surface area contributed by atoms with Crippen LogP contribution < -0.4 is 10.6 Å². The van der Waals surface area contributed by atoms with Gasteiger partial charge in [0, 0.05) is 37.6 Å². The molecule has 26 heavy (non-hydrogen) atoms. The van der Waals surface area contributed by atoms with Gasteiger partial charge in [-0.2, -0.15) is 0 Å². The SMILES string of the molecule is CCNC(=NCc1scnc1C)NCCc1cccc(C(=O)N(C)C)c1. The van der Waals surface area contributed by atoms with Crippen LogP contribution in [-0.2, 0) is 13.0 Å². The van der Waals surface area contributed by atoms with Crippen LogP contribution in [0.25, 0.3) is 0 Å². The van der Waals surface area contributed by atoms with Crippen LogP contribution in [0.1, 0.15) is 33.4 Å². The molecule has 0 atom stereocenters. The van der Waals surface area contributed by atoms with Crippen molar-refractivity contribution < 1.29 is 4.79 Å². The first-order valence-electron chi connectivity index (χ1n) is 8.73. The van der Waals surface area contributed by atoms with E-state index in [1.165, 1.54) is 4.88 Å². The molecule has 140 valence electrons. The predicted octanol–water partition coefficient (Wildman–Crippen LogP) is 2.45. The largest absolute Gasteiger partial charge is 0.357 e. The van der Waals surface area contributed by atoms with Crippen molar-refractivity contribution in [2.45, 2.75) is 26.8 Å². The van der Waals surface area contributed by atoms with E-state index in [1.54, 1.807) is 30.3 Å². The second kappa shape index (κ2) is 9.91. The fraction of sp³-hybridized carbons (Fsp3) is 0.421. The van der Waals surface area contributed by atoms with Crippen LogP contribution in [-0.4, -0.2) is 48.9 Å². The summed E-state index contributed by atoms with van der Waals surface area (Å²) in [4.78, 5) is 23.7. The molecule has 6 nitrogen and oxygen atoms in total. The summed E-state index contributed by atoms with van der Waals surface area (Å²) in [6.45, 7) is 6.22. The van der Waals surface area contributed by atoms with Gasteiger partial charge in [0.15, 0.2) is 5.96 Å². The van der Waals surface area contributed by atoms with E-state index in [0.717, 1.165) is 36.7 Å². The molecule has 2 rings (SSSR count). The van der Waals surface area contributed by atoms with Crippen molar-refractivity contribution in [3.8, 4) is 0 Å². The molecule has 0 saturated heterocycles. The summed E-state index contributed by atoms with van der Waals surface area (Å²) in [7, 11) is 3.53. The third kappa shape index (κ3) is 5.84. The lowest BCUT2D eigenvalue weighted by molar-refractivity contribution is 0.0827. The number of thiazole rings is 1. The average Bonchev–Trinajstić information content (AvgIpc) is 3.04. The Balaban J connectivity index is 1.92. The Morgan fingerprint density at radius 2 is 2.12 bits per heavy atom. The molecule has 0 radical (unpaired) electrons. The van der Waals surface area contributed by atoms with Crippen LogP contribution in [0, 0.1) is 6.92 Å². The van der Waals surface area contributed by atoms with Gasteiger partial charge in [-0.1, -0.05) is 12.1 Å². The molecule has 0 bridgehead atoms. The number of carbonyl (C=O) groups is 1. The Bertz CT molecular complexity index is 754. The maximum atomic E-state index is 12.1. The lowest BCUT2D eigenvalue weighted by Gasteiger charge is -2.13. The molecule has 0 saturated carbocycles. The molecule has 7 heteroatoms. The smallest absolute Gasteiger partial charge is 0.253 e. The lowest BCUT2D eigenvalue weighted by atomic mass is 10.1. The van der Waals surface area contributed by atoms with E-state index < -0.39 is 0 Å². The second-order valence-electron chi connectivity index (χ2n) is 6.13. The summed E-state index contributed by atoms with van der Waals surface area (Å²) < 4.78 is 0. The Morgan fingerprint density at radius 3 is 2.77 bits per heavy atom. The quantitative estimate of drug-likeness (QED) is 0.578. The predicted molar refractivity (Wildman–Crippen MR) is 108 cm³/mol. The average molecular weight is 374 g/mol. The van der Waals surface area contributed by atoms with E-state index in [0.29, 0.717) is 12.1 Å². The van der Waals surface area contributed by atoms with E-state index in [9.17, 15) is 4.79 Å². The number of aromatic nitrogens is 1. The van der Waals surface area contributed by atoms with Crippen molar-refractivity contribution >= 4 is 23.2 Å². The first kappa shape index (κ1) is 19.9. The third-order valence-electron chi connectivity index (χ3n) is 3.86. The number of nitrogens with one attached hydrogen (secondary N) is 2. The summed E-state index contributed by atoms with van der Waals surface area (Å²) >= 11 is 1.63. The van der Waals surface area contributed by atoms with Gasteiger partial charge in [0.25, 0.3) is 5.91 Å². The van der Waals surface area contributed by atoms with E-state index in [4.69, 9.17) is 0 Å². The van der Waals surface area contributed by atoms with Crippen molar-refractivity contribution in [1.29, 1.82) is 0 Å². The van der Waals surface area contributed by atoms with Crippen molar-refractivity contribution in [2.24, 2.45) is 4.99 Å². The molecule has 1 aromatic heterocycles. The number of aliphatic imine (C=N–C) groups is 1. The van der Waals surface area contributed by atoms with Crippen LogP contribution in [0.4, 0.5) is 0 Å². The number of amides is 1. The Hall–Kier alpha value is -2.41. The molecule has 1 amide bonds. The third-order valence-corrected chi connectivity index (χ3v) is 4.78. The highest BCUT2D eigenvalue weighted by Gasteiger charge is 2.08. The van der Waals surface area contributed by atoms with Gasteiger partial charge in [-0.15, -0.1) is 11.3 Å². The Morgan fingerprint density at radius 1 is 1.31 bits per heavy atom. The number of rotatable bonds is 7. The summed E-state index contributed by atoms with van der Waals surface area (Å²) in [5.41, 5.74) is 4.73. The number of benzene rings is 1. The van der Waals surface area contributed by atoms with Gasteiger partial charge in [-0.3, -0.25) is 4.79 Å². The number of hydrogen-bond donors (Lipinski definition) is 2. The van der Waals surface area contributed by atoms with E-state index in [-0.39, 0.29) is 5.91 Å². The van der Waals surface area contributed by atoms with E-state index in [1.807, 2.05) is 43.6 Å². The Kier molecular flexibility index (Phi) is 7.59. The normalized spacial score (nSPS) is 11.3. The molecular formula is C19H27N5OS. The zero-order valence-corrected chi connectivity index (χ0v) is 16.7. The number of guanidine groups is 1. The zero-order valence-electron chi connectivity index (χ0n) is 15.9. The monoisotopic (exact) mass is 373 g/mol. The molecule has 0 fully saturated rings. The van der Waals surface area contributed by atoms with Crippen molar-refractivity contribution in [3.05, 3.63) is 51.5 Å². The minimum absolute atomic E-state index is 0.0228. The number of carbonyl (C=O) groups excluding carboxylic acids is 1. The van der Waals surface area contributed by atoms with Crippen LogP contribution in [0.15, 0.2) is 34.8 Å². The van der Waals surface area contributed by atoms with Gasteiger partial charge in [-0.25, -0.2) is 9.98 Å². The van der Waals surface area contributed by atoms with Gasteiger partial charge < -0.3 is 15.5 Å².